The lowest BCUT2D eigenvalue weighted by Gasteiger charge is -2.20. The number of hydrogen-bond acceptors (Lipinski definition) is 8. The Morgan fingerprint density at radius 1 is 1.10 bits per heavy atom. The molecule has 1 amide bonds. The second kappa shape index (κ2) is 8.89. The van der Waals surface area contributed by atoms with Crippen molar-refractivity contribution in [1.82, 2.24) is 10.2 Å². The highest BCUT2D eigenvalue weighted by Crippen LogP contribution is 2.41. The van der Waals surface area contributed by atoms with Crippen LogP contribution in [-0.4, -0.2) is 49.2 Å². The molecule has 2 aromatic carbocycles. The Kier molecular flexibility index (Phi) is 6.03. The molecule has 4 rings (SSSR count). The van der Waals surface area contributed by atoms with Crippen LogP contribution >= 0.6 is 11.8 Å². The molecule has 1 aromatic heterocycles. The van der Waals surface area contributed by atoms with E-state index >= 15 is 0 Å². The number of nitrogens with zero attached hydrogens (tertiary/aromatic N) is 3. The molecule has 0 radical (unpaired) electrons. The summed E-state index contributed by atoms with van der Waals surface area (Å²) in [5, 5.41) is 8.17. The Labute approximate surface area is 184 Å². The normalized spacial score (nSPS) is 13.6. The van der Waals surface area contributed by atoms with Gasteiger partial charge in [0, 0.05) is 17.8 Å². The first-order chi connectivity index (χ1) is 15.0. The summed E-state index contributed by atoms with van der Waals surface area (Å²) in [6.07, 6.45) is 0.866. The third-order valence-electron chi connectivity index (χ3n) is 5.10. The highest BCUT2D eigenvalue weighted by atomic mass is 32.2. The molecule has 0 fully saturated rings. The molecular weight excluding hydrogens is 418 g/mol. The molecule has 1 unspecified atom stereocenters. The zero-order valence-electron chi connectivity index (χ0n) is 17.7. The number of hydrogen-bond donors (Lipinski definition) is 0. The SMILES string of the molecule is COc1cc(-c2nnc(SC(C)C(=O)N3CCc4ccccc43)o2)cc(OC)c1OC. The van der Waals surface area contributed by atoms with Gasteiger partial charge in [0.2, 0.25) is 17.5 Å². The van der Waals surface area contributed by atoms with Crippen LogP contribution in [-0.2, 0) is 11.2 Å². The van der Waals surface area contributed by atoms with Gasteiger partial charge in [-0.1, -0.05) is 30.0 Å². The fourth-order valence-electron chi connectivity index (χ4n) is 3.57. The Balaban J connectivity index is 1.51. The van der Waals surface area contributed by atoms with Gasteiger partial charge in [0.15, 0.2) is 11.5 Å². The number of thioether (sulfide) groups is 1. The summed E-state index contributed by atoms with van der Waals surface area (Å²) in [4.78, 5) is 14.8. The zero-order valence-corrected chi connectivity index (χ0v) is 18.6. The fraction of sp³-hybridized carbons (Fsp3) is 0.318. The van der Waals surface area contributed by atoms with Crippen molar-refractivity contribution in [3.63, 3.8) is 0 Å². The smallest absolute Gasteiger partial charge is 0.277 e. The molecule has 1 atom stereocenters. The first-order valence-electron chi connectivity index (χ1n) is 9.75. The molecule has 0 aliphatic carbocycles. The summed E-state index contributed by atoms with van der Waals surface area (Å²) in [6.45, 7) is 2.53. The number of benzene rings is 2. The lowest BCUT2D eigenvalue weighted by Crippen LogP contribution is -2.35. The second-order valence-electron chi connectivity index (χ2n) is 6.92. The van der Waals surface area contributed by atoms with E-state index in [9.17, 15) is 4.79 Å². The molecule has 3 aromatic rings. The molecular formula is C22H23N3O5S. The molecule has 9 heteroatoms. The second-order valence-corrected chi connectivity index (χ2v) is 8.21. The van der Waals surface area contributed by atoms with Crippen LogP contribution in [0.1, 0.15) is 12.5 Å². The van der Waals surface area contributed by atoms with E-state index in [0.717, 1.165) is 12.1 Å². The highest BCUT2D eigenvalue weighted by molar-refractivity contribution is 8.00. The van der Waals surface area contributed by atoms with Crippen LogP contribution in [0.3, 0.4) is 0 Å². The van der Waals surface area contributed by atoms with E-state index < -0.39 is 0 Å². The third kappa shape index (κ3) is 4.05. The molecule has 8 nitrogen and oxygen atoms in total. The molecule has 0 spiro atoms. The quantitative estimate of drug-likeness (QED) is 0.511. The molecule has 0 N–H and O–H groups in total. The molecule has 162 valence electrons. The lowest BCUT2D eigenvalue weighted by atomic mass is 10.2. The molecule has 1 aliphatic heterocycles. The van der Waals surface area contributed by atoms with Crippen LogP contribution in [0.4, 0.5) is 5.69 Å². The highest BCUT2D eigenvalue weighted by Gasteiger charge is 2.29. The van der Waals surface area contributed by atoms with E-state index in [-0.39, 0.29) is 11.2 Å². The summed E-state index contributed by atoms with van der Waals surface area (Å²) in [7, 11) is 4.62. The maximum atomic E-state index is 13.0. The largest absolute Gasteiger partial charge is 0.493 e. The molecule has 0 saturated carbocycles. The maximum Gasteiger partial charge on any atom is 0.277 e. The fourth-order valence-corrected chi connectivity index (χ4v) is 4.31. The number of amides is 1. The average molecular weight is 442 g/mol. The van der Waals surface area contributed by atoms with Crippen molar-refractivity contribution in [1.29, 1.82) is 0 Å². The van der Waals surface area contributed by atoms with Crippen molar-refractivity contribution >= 4 is 23.4 Å². The minimum absolute atomic E-state index is 0.0162. The van der Waals surface area contributed by atoms with Gasteiger partial charge in [-0.25, -0.2) is 0 Å². The predicted molar refractivity (Wildman–Crippen MR) is 117 cm³/mol. The number of ether oxygens (including phenoxy) is 3. The number of carbonyl (C=O) groups excluding carboxylic acids is 1. The van der Waals surface area contributed by atoms with Gasteiger partial charge in [-0.05, 0) is 37.1 Å². The van der Waals surface area contributed by atoms with Gasteiger partial charge in [0.25, 0.3) is 5.22 Å². The predicted octanol–water partition coefficient (Wildman–Crippen LogP) is 3.83. The van der Waals surface area contributed by atoms with Crippen LogP contribution in [0, 0.1) is 0 Å². The van der Waals surface area contributed by atoms with E-state index in [1.165, 1.54) is 17.3 Å². The maximum absolute atomic E-state index is 13.0. The van der Waals surface area contributed by atoms with Crippen LogP contribution < -0.4 is 19.1 Å². The first-order valence-corrected chi connectivity index (χ1v) is 10.6. The van der Waals surface area contributed by atoms with Crippen molar-refractivity contribution in [2.75, 3.05) is 32.8 Å². The topological polar surface area (TPSA) is 86.9 Å². The van der Waals surface area contributed by atoms with Gasteiger partial charge < -0.3 is 23.5 Å². The van der Waals surface area contributed by atoms with Crippen molar-refractivity contribution in [3.05, 3.63) is 42.0 Å². The Hall–Kier alpha value is -3.20. The van der Waals surface area contributed by atoms with Crippen molar-refractivity contribution in [3.8, 4) is 28.7 Å². The standard InChI is InChI=1S/C22H23N3O5S/c1-13(21(26)25-10-9-14-7-5-6-8-16(14)25)31-22-24-23-20(30-22)15-11-17(27-2)19(29-4)18(12-15)28-3/h5-8,11-13H,9-10H2,1-4H3. The number of carbonyl (C=O) groups is 1. The Bertz CT molecular complexity index is 1080. The lowest BCUT2D eigenvalue weighted by molar-refractivity contribution is -0.117. The summed E-state index contributed by atoms with van der Waals surface area (Å²) >= 11 is 1.24. The van der Waals surface area contributed by atoms with E-state index in [2.05, 4.69) is 16.3 Å². The minimum atomic E-state index is -0.376. The van der Waals surface area contributed by atoms with Gasteiger partial charge in [-0.2, -0.15) is 0 Å². The van der Waals surface area contributed by atoms with Gasteiger partial charge in [0.1, 0.15) is 0 Å². The van der Waals surface area contributed by atoms with Crippen LogP contribution in [0.25, 0.3) is 11.5 Å². The summed E-state index contributed by atoms with van der Waals surface area (Å²) in [6, 6.07) is 11.4. The number of methoxy groups -OCH3 is 3. The molecule has 1 aliphatic rings. The van der Waals surface area contributed by atoms with Gasteiger partial charge >= 0.3 is 0 Å². The van der Waals surface area contributed by atoms with Crippen LogP contribution in [0.15, 0.2) is 46.0 Å². The van der Waals surface area contributed by atoms with Gasteiger partial charge in [-0.15, -0.1) is 10.2 Å². The Morgan fingerprint density at radius 3 is 2.48 bits per heavy atom. The Morgan fingerprint density at radius 2 is 1.81 bits per heavy atom. The number of aromatic nitrogens is 2. The third-order valence-corrected chi connectivity index (χ3v) is 6.02. The summed E-state index contributed by atoms with van der Waals surface area (Å²) in [5.74, 6) is 1.77. The van der Waals surface area contributed by atoms with Crippen molar-refractivity contribution < 1.29 is 23.4 Å². The summed E-state index contributed by atoms with van der Waals surface area (Å²) in [5.41, 5.74) is 2.79. The average Bonchev–Trinajstić information content (AvgIpc) is 3.44. The van der Waals surface area contributed by atoms with Crippen LogP contribution in [0.2, 0.25) is 0 Å². The molecule has 31 heavy (non-hydrogen) atoms. The number of rotatable bonds is 7. The molecule has 0 bridgehead atoms. The molecule has 2 heterocycles. The van der Waals surface area contributed by atoms with Gasteiger partial charge in [-0.3, -0.25) is 4.79 Å². The van der Waals surface area contributed by atoms with E-state index in [1.807, 2.05) is 30.0 Å². The van der Waals surface area contributed by atoms with E-state index in [4.69, 9.17) is 18.6 Å². The zero-order chi connectivity index (χ0) is 22.0. The summed E-state index contributed by atoms with van der Waals surface area (Å²) < 4.78 is 21.9. The van der Waals surface area contributed by atoms with E-state index in [0.29, 0.717) is 40.5 Å². The van der Waals surface area contributed by atoms with Crippen molar-refractivity contribution in [2.24, 2.45) is 0 Å². The number of fused-ring (bicyclic) bond motifs is 1. The van der Waals surface area contributed by atoms with E-state index in [1.54, 1.807) is 33.5 Å². The number of anilines is 1. The van der Waals surface area contributed by atoms with Crippen LogP contribution in [0.5, 0.6) is 17.2 Å². The number of para-hydroxylation sites is 1. The monoisotopic (exact) mass is 441 g/mol. The molecule has 0 saturated heterocycles. The van der Waals surface area contributed by atoms with Crippen molar-refractivity contribution in [2.45, 2.75) is 23.8 Å². The minimum Gasteiger partial charge on any atom is -0.493 e. The van der Waals surface area contributed by atoms with Gasteiger partial charge in [0.05, 0.1) is 26.6 Å². The first kappa shape index (κ1) is 21.0.